The first-order chi connectivity index (χ1) is 12.5. The zero-order chi connectivity index (χ0) is 20.0. The van der Waals surface area contributed by atoms with E-state index in [0.717, 1.165) is 18.4 Å². The molecular formula is C21H27Cl2NO3. The SMILES string of the molecule is C=CCC(O)C12CN(C(=O)OC(C)(C)C)CCC1(c1ccc(Cl)c(Cl)c1)C2. The lowest BCUT2D eigenvalue weighted by Gasteiger charge is -2.40. The number of piperidine rings is 1. The molecule has 1 aliphatic heterocycles. The van der Waals surface area contributed by atoms with Crippen LogP contribution in [0.5, 0.6) is 0 Å². The van der Waals surface area contributed by atoms with Crippen LogP contribution in [0.1, 0.15) is 45.6 Å². The molecule has 4 nitrogen and oxygen atoms in total. The Balaban J connectivity index is 1.91. The number of hydrogen-bond donors (Lipinski definition) is 1. The van der Waals surface area contributed by atoms with Crippen molar-refractivity contribution < 1.29 is 14.6 Å². The Labute approximate surface area is 171 Å². The number of aliphatic hydroxyl groups excluding tert-OH is 1. The van der Waals surface area contributed by atoms with Crippen molar-refractivity contribution in [3.8, 4) is 0 Å². The Hall–Kier alpha value is -1.23. The van der Waals surface area contributed by atoms with Crippen molar-refractivity contribution in [1.82, 2.24) is 4.90 Å². The molecule has 1 aromatic rings. The quantitative estimate of drug-likeness (QED) is 0.692. The zero-order valence-corrected chi connectivity index (χ0v) is 17.6. The molecule has 0 radical (unpaired) electrons. The highest BCUT2D eigenvalue weighted by molar-refractivity contribution is 6.42. The summed E-state index contributed by atoms with van der Waals surface area (Å²) in [6.45, 7) is 10.4. The van der Waals surface area contributed by atoms with Gasteiger partial charge in [0.05, 0.1) is 16.1 Å². The molecule has 1 aliphatic carbocycles. The van der Waals surface area contributed by atoms with Gasteiger partial charge in [0.25, 0.3) is 0 Å². The second kappa shape index (κ2) is 6.98. The fourth-order valence-corrected chi connectivity index (χ4v) is 4.82. The average Bonchev–Trinajstić information content (AvgIpc) is 3.27. The van der Waals surface area contributed by atoms with Gasteiger partial charge >= 0.3 is 6.09 Å². The molecule has 1 saturated carbocycles. The van der Waals surface area contributed by atoms with Crippen LogP contribution in [-0.2, 0) is 10.2 Å². The molecule has 0 bridgehead atoms. The first-order valence-corrected chi connectivity index (χ1v) is 10.0. The number of carbonyl (C=O) groups excluding carboxylic acids is 1. The Kier molecular flexibility index (Phi) is 5.30. The molecule has 3 atom stereocenters. The third-order valence-electron chi connectivity index (χ3n) is 5.88. The summed E-state index contributed by atoms with van der Waals surface area (Å²) in [4.78, 5) is 14.3. The summed E-state index contributed by atoms with van der Waals surface area (Å²) in [7, 11) is 0. The van der Waals surface area contributed by atoms with Crippen molar-refractivity contribution in [2.75, 3.05) is 13.1 Å². The lowest BCUT2D eigenvalue weighted by molar-refractivity contribution is -0.00600. The van der Waals surface area contributed by atoms with Crippen LogP contribution in [0, 0.1) is 5.41 Å². The number of ether oxygens (including phenoxy) is 1. The number of nitrogens with zero attached hydrogens (tertiary/aromatic N) is 1. The molecule has 0 spiro atoms. The average molecular weight is 412 g/mol. The topological polar surface area (TPSA) is 49.8 Å². The van der Waals surface area contributed by atoms with Gasteiger partial charge in [-0.05, 0) is 57.7 Å². The van der Waals surface area contributed by atoms with Gasteiger partial charge in [0.15, 0.2) is 0 Å². The number of aliphatic hydroxyl groups is 1. The van der Waals surface area contributed by atoms with E-state index in [2.05, 4.69) is 6.58 Å². The predicted molar refractivity (Wildman–Crippen MR) is 108 cm³/mol. The van der Waals surface area contributed by atoms with E-state index in [1.165, 1.54) is 0 Å². The predicted octanol–water partition coefficient (Wildman–Crippen LogP) is 5.20. The van der Waals surface area contributed by atoms with Crippen LogP contribution >= 0.6 is 23.2 Å². The van der Waals surface area contributed by atoms with E-state index in [1.807, 2.05) is 32.9 Å². The second-order valence-corrected chi connectivity index (χ2v) is 9.55. The van der Waals surface area contributed by atoms with Crippen LogP contribution in [0.4, 0.5) is 4.79 Å². The smallest absolute Gasteiger partial charge is 0.410 e. The van der Waals surface area contributed by atoms with Gasteiger partial charge < -0.3 is 14.7 Å². The molecule has 2 aliphatic rings. The van der Waals surface area contributed by atoms with Crippen molar-refractivity contribution in [2.24, 2.45) is 5.41 Å². The summed E-state index contributed by atoms with van der Waals surface area (Å²) in [6, 6.07) is 5.69. The molecule has 148 valence electrons. The Bertz CT molecular complexity index is 760. The molecular weight excluding hydrogens is 385 g/mol. The van der Waals surface area contributed by atoms with E-state index >= 15 is 0 Å². The zero-order valence-electron chi connectivity index (χ0n) is 16.1. The standard InChI is InChI=1S/C21H27Cl2NO3/c1-5-6-17(25)21-12-20(21,14-7-8-15(22)16(23)11-14)9-10-24(13-21)18(26)27-19(2,3)4/h5,7-8,11,17,25H,1,6,9-10,12-13H2,2-4H3. The van der Waals surface area contributed by atoms with E-state index in [1.54, 1.807) is 17.0 Å². The van der Waals surface area contributed by atoms with Crippen molar-refractivity contribution >= 4 is 29.3 Å². The van der Waals surface area contributed by atoms with Crippen LogP contribution in [0.3, 0.4) is 0 Å². The van der Waals surface area contributed by atoms with Crippen LogP contribution < -0.4 is 0 Å². The summed E-state index contributed by atoms with van der Waals surface area (Å²) >= 11 is 12.3. The van der Waals surface area contributed by atoms with Gasteiger partial charge in [0.2, 0.25) is 0 Å². The molecule has 27 heavy (non-hydrogen) atoms. The fourth-order valence-electron chi connectivity index (χ4n) is 4.52. The summed E-state index contributed by atoms with van der Waals surface area (Å²) in [6.07, 6.45) is 2.83. The molecule has 2 fully saturated rings. The van der Waals surface area contributed by atoms with Gasteiger partial charge in [0, 0.05) is 23.9 Å². The van der Waals surface area contributed by atoms with Crippen molar-refractivity contribution in [1.29, 1.82) is 0 Å². The van der Waals surface area contributed by atoms with Crippen molar-refractivity contribution in [3.05, 3.63) is 46.5 Å². The highest BCUT2D eigenvalue weighted by Crippen LogP contribution is 2.71. The van der Waals surface area contributed by atoms with Gasteiger partial charge in [-0.25, -0.2) is 4.79 Å². The highest BCUT2D eigenvalue weighted by atomic mass is 35.5. The van der Waals surface area contributed by atoms with Gasteiger partial charge in [-0.15, -0.1) is 6.58 Å². The maximum Gasteiger partial charge on any atom is 0.410 e. The monoisotopic (exact) mass is 411 g/mol. The molecule has 0 aromatic heterocycles. The van der Waals surface area contributed by atoms with Crippen LogP contribution in [-0.4, -0.2) is 40.9 Å². The van der Waals surface area contributed by atoms with Crippen molar-refractivity contribution in [3.63, 3.8) is 0 Å². The minimum absolute atomic E-state index is 0.206. The Morgan fingerprint density at radius 2 is 2.11 bits per heavy atom. The number of benzene rings is 1. The van der Waals surface area contributed by atoms with E-state index in [-0.39, 0.29) is 11.5 Å². The Morgan fingerprint density at radius 3 is 2.70 bits per heavy atom. The molecule has 1 saturated heterocycles. The van der Waals surface area contributed by atoms with Crippen molar-refractivity contribution in [2.45, 2.75) is 57.2 Å². The molecule has 3 unspecified atom stereocenters. The maximum atomic E-state index is 12.6. The largest absolute Gasteiger partial charge is 0.444 e. The number of carbonyl (C=O) groups is 1. The lowest BCUT2D eigenvalue weighted by atomic mass is 9.77. The summed E-state index contributed by atoms with van der Waals surface area (Å²) in [5, 5.41) is 12.0. The highest BCUT2D eigenvalue weighted by Gasteiger charge is 2.72. The van der Waals surface area contributed by atoms with Gasteiger partial charge in [-0.2, -0.15) is 0 Å². The number of rotatable bonds is 4. The minimum Gasteiger partial charge on any atom is -0.444 e. The van der Waals surface area contributed by atoms with E-state index in [0.29, 0.717) is 29.6 Å². The fraction of sp³-hybridized carbons (Fsp3) is 0.571. The first-order valence-electron chi connectivity index (χ1n) is 9.27. The first kappa shape index (κ1) is 20.5. The second-order valence-electron chi connectivity index (χ2n) is 8.74. The third kappa shape index (κ3) is 3.59. The van der Waals surface area contributed by atoms with Gasteiger partial charge in [-0.3, -0.25) is 0 Å². The molecule has 1 aromatic carbocycles. The van der Waals surface area contributed by atoms with Gasteiger partial charge in [-0.1, -0.05) is 35.3 Å². The molecule has 3 rings (SSSR count). The maximum absolute atomic E-state index is 12.6. The molecule has 6 heteroatoms. The molecule has 1 heterocycles. The number of amides is 1. The van der Waals surface area contributed by atoms with E-state index in [4.69, 9.17) is 27.9 Å². The minimum atomic E-state index is -0.588. The number of likely N-dealkylation sites (tertiary alicyclic amines) is 1. The summed E-state index contributed by atoms with van der Waals surface area (Å²) in [5.74, 6) is 0. The summed E-state index contributed by atoms with van der Waals surface area (Å²) < 4.78 is 5.55. The van der Waals surface area contributed by atoms with Crippen LogP contribution in [0.15, 0.2) is 30.9 Å². The number of hydrogen-bond acceptors (Lipinski definition) is 3. The summed E-state index contributed by atoms with van der Waals surface area (Å²) in [5.41, 5.74) is -0.106. The Morgan fingerprint density at radius 1 is 1.41 bits per heavy atom. The third-order valence-corrected chi connectivity index (χ3v) is 6.62. The number of halogens is 2. The van der Waals surface area contributed by atoms with Gasteiger partial charge in [0.1, 0.15) is 5.60 Å². The van der Waals surface area contributed by atoms with E-state index < -0.39 is 17.1 Å². The van der Waals surface area contributed by atoms with Crippen LogP contribution in [0.25, 0.3) is 0 Å². The van der Waals surface area contributed by atoms with Crippen LogP contribution in [0.2, 0.25) is 10.0 Å². The number of fused-ring (bicyclic) bond motifs is 1. The molecule has 1 amide bonds. The molecule has 1 N–H and O–H groups in total. The lowest BCUT2D eigenvalue weighted by Crippen LogP contribution is -2.50. The normalized spacial score (nSPS) is 28.3. The van der Waals surface area contributed by atoms with E-state index in [9.17, 15) is 9.90 Å².